The molecular formula is C17H15ClN2O4. The summed E-state index contributed by atoms with van der Waals surface area (Å²) < 4.78 is 5.33. The summed E-state index contributed by atoms with van der Waals surface area (Å²) in [5.74, 6) is -1.20. The van der Waals surface area contributed by atoms with Crippen LogP contribution >= 0.6 is 11.6 Å². The Hall–Kier alpha value is -2.86. The van der Waals surface area contributed by atoms with E-state index in [4.69, 9.17) is 22.1 Å². The highest BCUT2D eigenvalue weighted by Crippen LogP contribution is 2.22. The average Bonchev–Trinajstić information content (AvgIpc) is 2.53. The zero-order valence-electron chi connectivity index (χ0n) is 12.8. The molecule has 0 bridgehead atoms. The molecule has 0 fully saturated rings. The van der Waals surface area contributed by atoms with Crippen LogP contribution < -0.4 is 15.8 Å². The smallest absolute Gasteiger partial charge is 0.262 e. The first kappa shape index (κ1) is 17.5. The molecule has 2 rings (SSSR count). The third kappa shape index (κ3) is 4.33. The Balaban J connectivity index is 2.07. The molecular weight excluding hydrogens is 332 g/mol. The van der Waals surface area contributed by atoms with Crippen LogP contribution in [0.2, 0.25) is 5.02 Å². The monoisotopic (exact) mass is 346 g/mol. The second-order valence-corrected chi connectivity index (χ2v) is 5.38. The molecule has 0 atom stereocenters. The van der Waals surface area contributed by atoms with Gasteiger partial charge in [0.1, 0.15) is 5.75 Å². The van der Waals surface area contributed by atoms with Gasteiger partial charge in [-0.3, -0.25) is 14.4 Å². The lowest BCUT2D eigenvalue weighted by Crippen LogP contribution is -2.22. The largest absolute Gasteiger partial charge is 0.483 e. The number of ketones is 1. The molecule has 24 heavy (non-hydrogen) atoms. The molecule has 0 aliphatic heterocycles. The van der Waals surface area contributed by atoms with Crippen LogP contribution in [0.1, 0.15) is 27.6 Å². The predicted octanol–water partition coefficient (Wildman–Crippen LogP) is 2.66. The van der Waals surface area contributed by atoms with Gasteiger partial charge < -0.3 is 15.8 Å². The fourth-order valence-corrected chi connectivity index (χ4v) is 2.22. The maximum atomic E-state index is 12.0. The van der Waals surface area contributed by atoms with Gasteiger partial charge in [-0.15, -0.1) is 0 Å². The minimum atomic E-state index is -0.713. The van der Waals surface area contributed by atoms with Crippen LogP contribution in [0.3, 0.4) is 0 Å². The van der Waals surface area contributed by atoms with Gasteiger partial charge in [0.2, 0.25) is 0 Å². The number of nitrogens with one attached hydrogen (secondary N) is 1. The predicted molar refractivity (Wildman–Crippen MR) is 90.5 cm³/mol. The summed E-state index contributed by atoms with van der Waals surface area (Å²) in [5.41, 5.74) is 6.13. The van der Waals surface area contributed by atoms with Gasteiger partial charge in [-0.1, -0.05) is 23.7 Å². The SMILES string of the molecule is CC(=O)c1ccccc1NC(=O)COc1ccc(Cl)cc1C(N)=O. The van der Waals surface area contributed by atoms with Gasteiger partial charge in [0.05, 0.1) is 11.3 Å². The number of hydrogen-bond donors (Lipinski definition) is 2. The highest BCUT2D eigenvalue weighted by molar-refractivity contribution is 6.31. The Labute approximate surface area is 143 Å². The van der Waals surface area contributed by atoms with Gasteiger partial charge in [-0.2, -0.15) is 0 Å². The van der Waals surface area contributed by atoms with E-state index < -0.39 is 11.8 Å². The molecule has 0 aromatic heterocycles. The molecule has 2 amide bonds. The van der Waals surface area contributed by atoms with Crippen molar-refractivity contribution in [2.75, 3.05) is 11.9 Å². The lowest BCUT2D eigenvalue weighted by atomic mass is 10.1. The molecule has 0 radical (unpaired) electrons. The molecule has 0 spiro atoms. The highest BCUT2D eigenvalue weighted by Gasteiger charge is 2.13. The molecule has 0 saturated carbocycles. The molecule has 0 aliphatic rings. The number of carbonyl (C=O) groups is 3. The Kier molecular flexibility index (Phi) is 5.55. The van der Waals surface area contributed by atoms with Crippen molar-refractivity contribution in [2.45, 2.75) is 6.92 Å². The van der Waals surface area contributed by atoms with Crippen LogP contribution in [0.15, 0.2) is 42.5 Å². The van der Waals surface area contributed by atoms with Crippen molar-refractivity contribution in [3.8, 4) is 5.75 Å². The fraction of sp³-hybridized carbons (Fsp3) is 0.118. The van der Waals surface area contributed by atoms with E-state index >= 15 is 0 Å². The van der Waals surface area contributed by atoms with E-state index in [-0.39, 0.29) is 23.7 Å². The molecule has 0 saturated heterocycles. The van der Waals surface area contributed by atoms with Crippen molar-refractivity contribution in [3.63, 3.8) is 0 Å². The standard InChI is InChI=1S/C17H15ClN2O4/c1-10(21)12-4-2-3-5-14(12)20-16(22)9-24-15-7-6-11(18)8-13(15)17(19)23/h2-8H,9H2,1H3,(H2,19,23)(H,20,22). The molecule has 2 aromatic rings. The molecule has 124 valence electrons. The summed E-state index contributed by atoms with van der Waals surface area (Å²) in [4.78, 5) is 34.9. The zero-order chi connectivity index (χ0) is 17.7. The third-order valence-corrected chi connectivity index (χ3v) is 3.38. The number of primary amides is 1. The summed E-state index contributed by atoms with van der Waals surface area (Å²) in [6.07, 6.45) is 0. The average molecular weight is 347 g/mol. The van der Waals surface area contributed by atoms with Crippen molar-refractivity contribution in [1.29, 1.82) is 0 Å². The number of anilines is 1. The number of hydrogen-bond acceptors (Lipinski definition) is 4. The number of halogens is 1. The Morgan fingerprint density at radius 2 is 1.83 bits per heavy atom. The number of nitrogens with two attached hydrogens (primary N) is 1. The first-order valence-corrected chi connectivity index (χ1v) is 7.38. The van der Waals surface area contributed by atoms with Gasteiger partial charge in [-0.05, 0) is 37.3 Å². The Morgan fingerprint density at radius 3 is 2.50 bits per heavy atom. The summed E-state index contributed by atoms with van der Waals surface area (Å²) in [6, 6.07) is 11.0. The fourth-order valence-electron chi connectivity index (χ4n) is 2.05. The van der Waals surface area contributed by atoms with Gasteiger partial charge in [0, 0.05) is 10.6 Å². The van der Waals surface area contributed by atoms with Crippen molar-refractivity contribution in [2.24, 2.45) is 5.73 Å². The van der Waals surface area contributed by atoms with Crippen LogP contribution in [-0.4, -0.2) is 24.2 Å². The van der Waals surface area contributed by atoms with Crippen LogP contribution in [0, 0.1) is 0 Å². The number of Topliss-reactive ketones (excluding diaryl/α,β-unsaturated/α-hetero) is 1. The van der Waals surface area contributed by atoms with E-state index in [1.807, 2.05) is 0 Å². The van der Waals surface area contributed by atoms with Gasteiger partial charge >= 0.3 is 0 Å². The van der Waals surface area contributed by atoms with E-state index in [1.54, 1.807) is 24.3 Å². The minimum absolute atomic E-state index is 0.0828. The Morgan fingerprint density at radius 1 is 1.12 bits per heavy atom. The first-order valence-electron chi connectivity index (χ1n) is 7.00. The molecule has 0 unspecified atom stereocenters. The summed E-state index contributed by atoms with van der Waals surface area (Å²) in [7, 11) is 0. The number of amides is 2. The van der Waals surface area contributed by atoms with Gasteiger partial charge in [0.15, 0.2) is 12.4 Å². The third-order valence-electron chi connectivity index (χ3n) is 3.15. The second kappa shape index (κ2) is 7.61. The van der Waals surface area contributed by atoms with Crippen molar-refractivity contribution in [1.82, 2.24) is 0 Å². The molecule has 0 aliphatic carbocycles. The van der Waals surface area contributed by atoms with Gasteiger partial charge in [0.25, 0.3) is 11.8 Å². The van der Waals surface area contributed by atoms with Crippen molar-refractivity contribution >= 4 is 34.9 Å². The molecule has 3 N–H and O–H groups in total. The van der Waals surface area contributed by atoms with Crippen LogP contribution in [0.4, 0.5) is 5.69 Å². The summed E-state index contributed by atoms with van der Waals surface area (Å²) in [5, 5.41) is 2.92. The number of para-hydroxylation sites is 1. The Bertz CT molecular complexity index is 805. The number of carbonyl (C=O) groups excluding carboxylic acids is 3. The lowest BCUT2D eigenvalue weighted by molar-refractivity contribution is -0.118. The molecule has 7 heteroatoms. The van der Waals surface area contributed by atoms with E-state index in [2.05, 4.69) is 5.32 Å². The van der Waals surface area contributed by atoms with Crippen LogP contribution in [-0.2, 0) is 4.79 Å². The maximum Gasteiger partial charge on any atom is 0.262 e. The minimum Gasteiger partial charge on any atom is -0.483 e. The molecule has 0 heterocycles. The van der Waals surface area contributed by atoms with E-state index in [9.17, 15) is 14.4 Å². The van der Waals surface area contributed by atoms with Crippen LogP contribution in [0.25, 0.3) is 0 Å². The lowest BCUT2D eigenvalue weighted by Gasteiger charge is -2.11. The zero-order valence-corrected chi connectivity index (χ0v) is 13.6. The highest BCUT2D eigenvalue weighted by atomic mass is 35.5. The molecule has 2 aromatic carbocycles. The first-order chi connectivity index (χ1) is 11.4. The van der Waals surface area contributed by atoms with Crippen molar-refractivity contribution < 1.29 is 19.1 Å². The van der Waals surface area contributed by atoms with Crippen molar-refractivity contribution in [3.05, 3.63) is 58.6 Å². The quantitative estimate of drug-likeness (QED) is 0.785. The maximum absolute atomic E-state index is 12.0. The molecule has 6 nitrogen and oxygen atoms in total. The topological polar surface area (TPSA) is 98.5 Å². The number of rotatable bonds is 6. The number of ether oxygens (including phenoxy) is 1. The summed E-state index contributed by atoms with van der Waals surface area (Å²) in [6.45, 7) is 1.06. The van der Waals surface area contributed by atoms with E-state index in [0.717, 1.165) is 0 Å². The van der Waals surface area contributed by atoms with Gasteiger partial charge in [-0.25, -0.2) is 0 Å². The number of benzene rings is 2. The van der Waals surface area contributed by atoms with E-state index in [0.29, 0.717) is 16.3 Å². The normalized spacial score (nSPS) is 10.1. The van der Waals surface area contributed by atoms with E-state index in [1.165, 1.54) is 25.1 Å². The summed E-state index contributed by atoms with van der Waals surface area (Å²) >= 11 is 5.80. The van der Waals surface area contributed by atoms with Crippen LogP contribution in [0.5, 0.6) is 5.75 Å². The second-order valence-electron chi connectivity index (χ2n) is 4.94.